The van der Waals surface area contributed by atoms with Gasteiger partial charge in [0.15, 0.2) is 0 Å². The van der Waals surface area contributed by atoms with E-state index in [1.165, 1.54) is 0 Å². The summed E-state index contributed by atoms with van der Waals surface area (Å²) in [5.74, 6) is 0.728. The van der Waals surface area contributed by atoms with Crippen molar-refractivity contribution in [3.05, 3.63) is 54.1 Å². The summed E-state index contributed by atoms with van der Waals surface area (Å²) in [5.41, 5.74) is 8.29. The predicted octanol–water partition coefficient (Wildman–Crippen LogP) is 3.37. The van der Waals surface area contributed by atoms with E-state index in [0.29, 0.717) is 25.1 Å². The van der Waals surface area contributed by atoms with E-state index in [0.717, 1.165) is 17.0 Å². The Morgan fingerprint density at radius 3 is 2.76 bits per heavy atom. The van der Waals surface area contributed by atoms with Crippen LogP contribution < -0.4 is 15.8 Å². The number of rotatable bonds is 6. The summed E-state index contributed by atoms with van der Waals surface area (Å²) in [6.45, 7) is 2.49. The Hall–Kier alpha value is -2.49. The summed E-state index contributed by atoms with van der Waals surface area (Å²) in [4.78, 5) is 11.8. The molecule has 0 saturated carbocycles. The minimum absolute atomic E-state index is 0.00299. The average Bonchev–Trinajstić information content (AvgIpc) is 2.44. The first-order valence-electron chi connectivity index (χ1n) is 6.98. The molecule has 2 rings (SSSR count). The smallest absolute Gasteiger partial charge is 0.224 e. The number of nitrogens with one attached hydrogen (secondary N) is 1. The molecule has 0 fully saturated rings. The van der Waals surface area contributed by atoms with Crippen LogP contribution in [0.5, 0.6) is 5.75 Å². The lowest BCUT2D eigenvalue weighted by Crippen LogP contribution is -2.12. The van der Waals surface area contributed by atoms with Crippen LogP contribution in [0.25, 0.3) is 0 Å². The third kappa shape index (κ3) is 5.18. The normalized spacial score (nSPS) is 10.1. The van der Waals surface area contributed by atoms with Crippen molar-refractivity contribution < 1.29 is 9.53 Å². The number of nitrogen functional groups attached to an aromatic ring is 1. The van der Waals surface area contributed by atoms with E-state index in [4.69, 9.17) is 10.5 Å². The molecule has 0 atom stereocenters. The van der Waals surface area contributed by atoms with Gasteiger partial charge in [-0.25, -0.2) is 0 Å². The van der Waals surface area contributed by atoms with Crippen LogP contribution in [0.1, 0.15) is 18.4 Å². The van der Waals surface area contributed by atoms with Gasteiger partial charge in [0.2, 0.25) is 5.91 Å². The summed E-state index contributed by atoms with van der Waals surface area (Å²) >= 11 is 0. The molecule has 0 spiro atoms. The van der Waals surface area contributed by atoms with Gasteiger partial charge >= 0.3 is 0 Å². The lowest BCUT2D eigenvalue weighted by Gasteiger charge is -2.08. The van der Waals surface area contributed by atoms with Crippen LogP contribution in [-0.4, -0.2) is 12.5 Å². The van der Waals surface area contributed by atoms with Gasteiger partial charge in [0.05, 0.1) is 6.61 Å². The van der Waals surface area contributed by atoms with Crippen molar-refractivity contribution >= 4 is 17.3 Å². The minimum atomic E-state index is -0.00299. The van der Waals surface area contributed by atoms with Crippen LogP contribution in [0, 0.1) is 6.92 Å². The van der Waals surface area contributed by atoms with Crippen molar-refractivity contribution in [2.24, 2.45) is 0 Å². The van der Waals surface area contributed by atoms with E-state index in [9.17, 15) is 4.79 Å². The third-order valence-corrected chi connectivity index (χ3v) is 2.98. The molecule has 0 heterocycles. The van der Waals surface area contributed by atoms with E-state index < -0.39 is 0 Å². The van der Waals surface area contributed by atoms with Crippen LogP contribution in [-0.2, 0) is 4.79 Å². The van der Waals surface area contributed by atoms with Crippen molar-refractivity contribution in [1.82, 2.24) is 0 Å². The van der Waals surface area contributed by atoms with Crippen molar-refractivity contribution in [2.45, 2.75) is 19.8 Å². The van der Waals surface area contributed by atoms with Crippen molar-refractivity contribution in [3.63, 3.8) is 0 Å². The van der Waals surface area contributed by atoms with Gasteiger partial charge in [-0.15, -0.1) is 0 Å². The number of anilines is 2. The number of benzene rings is 2. The van der Waals surface area contributed by atoms with Crippen LogP contribution in [0.15, 0.2) is 48.5 Å². The summed E-state index contributed by atoms with van der Waals surface area (Å²) in [7, 11) is 0. The lowest BCUT2D eigenvalue weighted by atomic mass is 10.2. The fourth-order valence-corrected chi connectivity index (χ4v) is 1.97. The maximum absolute atomic E-state index is 11.8. The molecule has 21 heavy (non-hydrogen) atoms. The summed E-state index contributed by atoms with van der Waals surface area (Å²) in [6, 6.07) is 15.0. The Balaban J connectivity index is 1.70. The van der Waals surface area contributed by atoms with Crippen LogP contribution in [0.2, 0.25) is 0 Å². The zero-order chi connectivity index (χ0) is 15.1. The Morgan fingerprint density at radius 1 is 1.19 bits per heavy atom. The van der Waals surface area contributed by atoms with Crippen LogP contribution in [0.3, 0.4) is 0 Å². The molecule has 1 amide bonds. The summed E-state index contributed by atoms with van der Waals surface area (Å²) in [5, 5.41) is 2.88. The van der Waals surface area contributed by atoms with Gasteiger partial charge in [0, 0.05) is 23.9 Å². The molecule has 0 bridgehead atoms. The second-order valence-electron chi connectivity index (χ2n) is 4.94. The Labute approximate surface area is 124 Å². The largest absolute Gasteiger partial charge is 0.494 e. The molecule has 0 saturated heterocycles. The average molecular weight is 284 g/mol. The summed E-state index contributed by atoms with van der Waals surface area (Å²) in [6.07, 6.45) is 1.09. The Morgan fingerprint density at radius 2 is 2.00 bits per heavy atom. The number of hydrogen-bond acceptors (Lipinski definition) is 3. The van der Waals surface area contributed by atoms with Gasteiger partial charge in [-0.2, -0.15) is 0 Å². The molecule has 3 N–H and O–H groups in total. The van der Waals surface area contributed by atoms with E-state index in [1.807, 2.05) is 49.4 Å². The zero-order valence-corrected chi connectivity index (χ0v) is 12.1. The molecule has 4 heteroatoms. The van der Waals surface area contributed by atoms with Gasteiger partial charge in [0.1, 0.15) is 5.75 Å². The highest BCUT2D eigenvalue weighted by atomic mass is 16.5. The highest BCUT2D eigenvalue weighted by molar-refractivity contribution is 5.90. The molecule has 0 aromatic heterocycles. The van der Waals surface area contributed by atoms with Gasteiger partial charge in [0.25, 0.3) is 0 Å². The van der Waals surface area contributed by atoms with Crippen molar-refractivity contribution in [3.8, 4) is 5.75 Å². The standard InChI is InChI=1S/C17H20N2O2/c1-13-5-2-7-15(11-13)19-17(20)9-4-10-21-16-8-3-6-14(18)12-16/h2-3,5-8,11-12H,4,9-10,18H2,1H3,(H,19,20). The third-order valence-electron chi connectivity index (χ3n) is 2.98. The molecule has 0 aliphatic heterocycles. The molecule has 0 radical (unpaired) electrons. The van der Waals surface area contributed by atoms with E-state index >= 15 is 0 Å². The monoisotopic (exact) mass is 284 g/mol. The maximum Gasteiger partial charge on any atom is 0.224 e. The Bertz CT molecular complexity index is 611. The molecule has 0 aliphatic rings. The number of hydrogen-bond donors (Lipinski definition) is 2. The van der Waals surface area contributed by atoms with Crippen LogP contribution in [0.4, 0.5) is 11.4 Å². The lowest BCUT2D eigenvalue weighted by molar-refractivity contribution is -0.116. The van der Waals surface area contributed by atoms with Crippen molar-refractivity contribution in [2.75, 3.05) is 17.7 Å². The first-order valence-corrected chi connectivity index (χ1v) is 6.98. The molecule has 0 unspecified atom stereocenters. The number of nitrogens with two attached hydrogens (primary N) is 1. The molecule has 2 aromatic carbocycles. The van der Waals surface area contributed by atoms with Crippen molar-refractivity contribution in [1.29, 1.82) is 0 Å². The number of ether oxygens (including phenoxy) is 1. The first kappa shape index (κ1) is 14.9. The number of carbonyl (C=O) groups excluding carboxylic acids is 1. The van der Waals surface area contributed by atoms with E-state index in [1.54, 1.807) is 6.07 Å². The molecular weight excluding hydrogens is 264 g/mol. The van der Waals surface area contributed by atoms with E-state index in [2.05, 4.69) is 5.32 Å². The number of amides is 1. The SMILES string of the molecule is Cc1cccc(NC(=O)CCCOc2cccc(N)c2)c1. The Kier molecular flexibility index (Phi) is 5.21. The second-order valence-corrected chi connectivity index (χ2v) is 4.94. The fourth-order valence-electron chi connectivity index (χ4n) is 1.97. The van der Waals surface area contributed by atoms with Crippen LogP contribution >= 0.6 is 0 Å². The first-order chi connectivity index (χ1) is 10.1. The molecule has 0 aliphatic carbocycles. The quantitative estimate of drug-likeness (QED) is 0.631. The van der Waals surface area contributed by atoms with Gasteiger partial charge in [-0.3, -0.25) is 4.79 Å². The summed E-state index contributed by atoms with van der Waals surface area (Å²) < 4.78 is 5.55. The van der Waals surface area contributed by atoms with Gasteiger partial charge in [-0.05, 0) is 43.2 Å². The number of aryl methyl sites for hydroxylation is 1. The molecule has 110 valence electrons. The molecular formula is C17H20N2O2. The molecule has 4 nitrogen and oxygen atoms in total. The highest BCUT2D eigenvalue weighted by Gasteiger charge is 2.03. The highest BCUT2D eigenvalue weighted by Crippen LogP contribution is 2.15. The zero-order valence-electron chi connectivity index (χ0n) is 12.1. The maximum atomic E-state index is 11.8. The fraction of sp³-hybridized carbons (Fsp3) is 0.235. The van der Waals surface area contributed by atoms with Gasteiger partial charge in [-0.1, -0.05) is 18.2 Å². The predicted molar refractivity (Wildman–Crippen MR) is 85.4 cm³/mol. The second kappa shape index (κ2) is 7.33. The van der Waals surface area contributed by atoms with E-state index in [-0.39, 0.29) is 5.91 Å². The topological polar surface area (TPSA) is 64.3 Å². The van der Waals surface area contributed by atoms with Gasteiger partial charge < -0.3 is 15.8 Å². The minimum Gasteiger partial charge on any atom is -0.494 e. The number of carbonyl (C=O) groups is 1. The molecule has 2 aromatic rings.